The Morgan fingerprint density at radius 3 is 2.50 bits per heavy atom. The van der Waals surface area contributed by atoms with Crippen molar-refractivity contribution in [2.75, 3.05) is 13.7 Å². The van der Waals surface area contributed by atoms with Gasteiger partial charge in [0.25, 0.3) is 0 Å². The highest BCUT2D eigenvalue weighted by Gasteiger charge is 2.56. The first kappa shape index (κ1) is 28.0. The van der Waals surface area contributed by atoms with Crippen molar-refractivity contribution in [2.45, 2.75) is 62.4 Å². The minimum absolute atomic E-state index is 0.00692. The second-order valence-electron chi connectivity index (χ2n) is 9.76. The van der Waals surface area contributed by atoms with Crippen LogP contribution in [0.5, 0.6) is 5.75 Å². The molecular weight excluding hydrogens is 504 g/mol. The Morgan fingerprint density at radius 2 is 1.87 bits per heavy atom. The van der Waals surface area contributed by atoms with E-state index in [1.165, 1.54) is 13.2 Å². The van der Waals surface area contributed by atoms with Crippen molar-refractivity contribution < 1.29 is 58.8 Å². The molecule has 9 unspecified atom stereocenters. The minimum Gasteiger partial charge on any atom is -0.497 e. The van der Waals surface area contributed by atoms with Gasteiger partial charge in [-0.1, -0.05) is 12.1 Å². The van der Waals surface area contributed by atoms with Crippen LogP contribution in [0.25, 0.3) is 6.08 Å². The van der Waals surface area contributed by atoms with Gasteiger partial charge in [0.1, 0.15) is 24.1 Å². The topological polar surface area (TPSA) is 181 Å². The van der Waals surface area contributed by atoms with Crippen molar-refractivity contribution in [3.05, 3.63) is 47.7 Å². The lowest BCUT2D eigenvalue weighted by Crippen LogP contribution is -2.61. The van der Waals surface area contributed by atoms with Gasteiger partial charge >= 0.3 is 11.9 Å². The van der Waals surface area contributed by atoms with E-state index >= 15 is 0 Å². The third-order valence-corrected chi connectivity index (χ3v) is 7.25. The van der Waals surface area contributed by atoms with Gasteiger partial charge in [-0.25, -0.2) is 9.59 Å². The Balaban J connectivity index is 1.53. The SMILES string of the molecule is COc1ccc(C=CC(=O)OC2C(OC3OC=C(C(=O)O)C4CCC(C)(O)C34)OC(CO)C(O)C2O)cc1. The number of carboxylic acid groups (broad SMARTS) is 1. The first-order chi connectivity index (χ1) is 18.1. The van der Waals surface area contributed by atoms with Gasteiger partial charge in [-0.05, 0) is 43.5 Å². The van der Waals surface area contributed by atoms with Crippen LogP contribution in [0.3, 0.4) is 0 Å². The first-order valence-corrected chi connectivity index (χ1v) is 12.2. The summed E-state index contributed by atoms with van der Waals surface area (Å²) in [5, 5.41) is 51.2. The number of hydrogen-bond acceptors (Lipinski definition) is 11. The smallest absolute Gasteiger partial charge is 0.334 e. The fourth-order valence-corrected chi connectivity index (χ4v) is 5.17. The van der Waals surface area contributed by atoms with Gasteiger partial charge in [0.05, 0.1) is 37.1 Å². The van der Waals surface area contributed by atoms with Gasteiger partial charge in [0, 0.05) is 12.0 Å². The van der Waals surface area contributed by atoms with Crippen LogP contribution in [-0.2, 0) is 28.5 Å². The molecule has 12 heteroatoms. The summed E-state index contributed by atoms with van der Waals surface area (Å²) >= 11 is 0. The molecule has 1 aromatic rings. The van der Waals surface area contributed by atoms with Crippen molar-refractivity contribution >= 4 is 18.0 Å². The standard InChI is InChI=1S/C26H32O12/c1-26(33)10-9-15-16(23(31)32)12-35-24(19(15)26)38-25-22(21(30)20(29)17(11-27)36-25)37-18(28)8-5-13-3-6-14(34-2)7-4-13/h3-8,12,15,17,19-22,24-25,27,29-30,33H,9-11H2,1-2H3,(H,31,32). The minimum atomic E-state index is -1.70. The van der Waals surface area contributed by atoms with E-state index in [1.807, 2.05) is 0 Å². The predicted octanol–water partition coefficient (Wildman–Crippen LogP) is 0.178. The van der Waals surface area contributed by atoms with Crippen molar-refractivity contribution in [1.29, 1.82) is 0 Å². The van der Waals surface area contributed by atoms with Gasteiger partial charge in [-0.2, -0.15) is 0 Å². The van der Waals surface area contributed by atoms with E-state index in [0.717, 1.165) is 12.3 Å². The lowest BCUT2D eigenvalue weighted by atomic mass is 9.81. The normalized spacial score (nSPS) is 36.7. The van der Waals surface area contributed by atoms with Crippen molar-refractivity contribution in [3.8, 4) is 5.75 Å². The van der Waals surface area contributed by atoms with E-state index in [9.17, 15) is 35.1 Å². The van der Waals surface area contributed by atoms with E-state index < -0.39 is 73.0 Å². The summed E-state index contributed by atoms with van der Waals surface area (Å²) in [6.07, 6.45) is -4.56. The molecule has 1 aromatic carbocycles. The van der Waals surface area contributed by atoms with Gasteiger partial charge in [0.15, 0.2) is 6.10 Å². The van der Waals surface area contributed by atoms with E-state index in [-0.39, 0.29) is 12.0 Å². The molecule has 9 atom stereocenters. The van der Waals surface area contributed by atoms with E-state index in [2.05, 4.69) is 0 Å². The number of ether oxygens (including phenoxy) is 5. The molecule has 2 heterocycles. The number of carboxylic acids is 1. The first-order valence-electron chi connectivity index (χ1n) is 12.2. The van der Waals surface area contributed by atoms with Crippen LogP contribution in [0.2, 0.25) is 0 Å². The summed E-state index contributed by atoms with van der Waals surface area (Å²) in [5.41, 5.74) is -0.684. The van der Waals surface area contributed by atoms with E-state index in [1.54, 1.807) is 31.2 Å². The zero-order valence-electron chi connectivity index (χ0n) is 20.9. The molecule has 0 bridgehead atoms. The molecule has 3 aliphatic rings. The zero-order chi connectivity index (χ0) is 27.6. The summed E-state index contributed by atoms with van der Waals surface area (Å²) in [6.45, 7) is 0.870. The van der Waals surface area contributed by atoms with Gasteiger partial charge in [-0.3, -0.25) is 0 Å². The summed E-state index contributed by atoms with van der Waals surface area (Å²) < 4.78 is 27.6. The van der Waals surface area contributed by atoms with Crippen LogP contribution < -0.4 is 4.74 Å². The number of esters is 1. The Labute approximate surface area is 218 Å². The molecular formula is C26H32O12. The molecule has 1 saturated carbocycles. The molecule has 0 aromatic heterocycles. The highest BCUT2D eigenvalue weighted by molar-refractivity contribution is 5.87. The molecule has 12 nitrogen and oxygen atoms in total. The average Bonchev–Trinajstić information content (AvgIpc) is 3.22. The summed E-state index contributed by atoms with van der Waals surface area (Å²) in [7, 11) is 1.53. The second kappa shape index (κ2) is 11.4. The lowest BCUT2D eigenvalue weighted by molar-refractivity contribution is -0.346. The lowest BCUT2D eigenvalue weighted by Gasteiger charge is -2.44. The quantitative estimate of drug-likeness (QED) is 0.225. The number of methoxy groups -OCH3 is 1. The maximum atomic E-state index is 12.6. The fraction of sp³-hybridized carbons (Fsp3) is 0.538. The van der Waals surface area contributed by atoms with E-state index in [0.29, 0.717) is 17.7 Å². The molecule has 0 spiro atoms. The van der Waals surface area contributed by atoms with Gasteiger partial charge in [0.2, 0.25) is 12.6 Å². The van der Waals surface area contributed by atoms with Crippen LogP contribution in [0, 0.1) is 11.8 Å². The largest absolute Gasteiger partial charge is 0.497 e. The van der Waals surface area contributed by atoms with Gasteiger partial charge < -0.3 is 49.2 Å². The second-order valence-corrected chi connectivity index (χ2v) is 9.76. The molecule has 1 aliphatic carbocycles. The third-order valence-electron chi connectivity index (χ3n) is 7.25. The van der Waals surface area contributed by atoms with Gasteiger partial charge in [-0.15, -0.1) is 0 Å². The van der Waals surface area contributed by atoms with Crippen LogP contribution in [0.15, 0.2) is 42.2 Å². The number of aliphatic hydroxyl groups is 4. The Hall–Kier alpha value is -3.00. The number of carbonyl (C=O) groups excluding carboxylic acids is 1. The highest BCUT2D eigenvalue weighted by atomic mass is 16.8. The summed E-state index contributed by atoms with van der Waals surface area (Å²) in [6, 6.07) is 6.84. The summed E-state index contributed by atoms with van der Waals surface area (Å²) in [4.78, 5) is 24.3. The van der Waals surface area contributed by atoms with Crippen molar-refractivity contribution in [2.24, 2.45) is 11.8 Å². The monoisotopic (exact) mass is 536 g/mol. The molecule has 0 amide bonds. The fourth-order valence-electron chi connectivity index (χ4n) is 5.17. The predicted molar refractivity (Wildman–Crippen MR) is 128 cm³/mol. The van der Waals surface area contributed by atoms with Crippen LogP contribution in [-0.4, -0.2) is 93.8 Å². The average molecular weight is 537 g/mol. The number of benzene rings is 1. The number of fused-ring (bicyclic) bond motifs is 1. The molecule has 4 rings (SSSR count). The molecule has 2 fully saturated rings. The number of rotatable bonds is 8. The Bertz CT molecular complexity index is 1060. The maximum Gasteiger partial charge on any atom is 0.334 e. The molecule has 1 saturated heterocycles. The van der Waals surface area contributed by atoms with Crippen molar-refractivity contribution in [3.63, 3.8) is 0 Å². The maximum absolute atomic E-state index is 12.6. The van der Waals surface area contributed by atoms with E-state index in [4.69, 9.17) is 23.7 Å². The van der Waals surface area contributed by atoms with Crippen LogP contribution in [0.4, 0.5) is 0 Å². The third kappa shape index (κ3) is 5.70. The zero-order valence-corrected chi connectivity index (χ0v) is 20.9. The highest BCUT2D eigenvalue weighted by Crippen LogP contribution is 2.49. The molecule has 2 aliphatic heterocycles. The molecule has 0 radical (unpaired) electrons. The Kier molecular flexibility index (Phi) is 8.40. The van der Waals surface area contributed by atoms with Crippen molar-refractivity contribution in [1.82, 2.24) is 0 Å². The molecule has 38 heavy (non-hydrogen) atoms. The number of hydrogen-bond donors (Lipinski definition) is 5. The Morgan fingerprint density at radius 1 is 1.16 bits per heavy atom. The van der Waals surface area contributed by atoms with Crippen LogP contribution >= 0.6 is 0 Å². The summed E-state index contributed by atoms with van der Waals surface area (Å²) in [5.74, 6) is -2.81. The number of aliphatic carboxylic acids is 1. The number of carbonyl (C=O) groups is 2. The van der Waals surface area contributed by atoms with Crippen LogP contribution in [0.1, 0.15) is 25.3 Å². The molecule has 208 valence electrons. The number of aliphatic hydroxyl groups excluding tert-OH is 3. The molecule has 5 N–H and O–H groups in total.